The van der Waals surface area contributed by atoms with E-state index >= 15 is 0 Å². The van der Waals surface area contributed by atoms with Gasteiger partial charge in [-0.25, -0.2) is 4.79 Å². The molecule has 0 aliphatic heterocycles. The minimum atomic E-state index is -1.80. The maximum atomic E-state index is 10.9. The molecule has 0 radical (unpaired) electrons. The molecule has 4 nitrogen and oxygen atoms in total. The molecule has 0 bridgehead atoms. The predicted octanol–water partition coefficient (Wildman–Crippen LogP) is -0.00310. The van der Waals surface area contributed by atoms with Gasteiger partial charge >= 0.3 is 5.97 Å². The van der Waals surface area contributed by atoms with E-state index in [2.05, 4.69) is 4.74 Å². The van der Waals surface area contributed by atoms with Gasteiger partial charge in [-0.3, -0.25) is 5.73 Å². The lowest BCUT2D eigenvalue weighted by atomic mass is 10.1. The van der Waals surface area contributed by atoms with Gasteiger partial charge in [0.15, 0.2) is 0 Å². The number of hydrogen-bond donors (Lipinski definition) is 2. The lowest BCUT2D eigenvalue weighted by Crippen LogP contribution is -2.48. The minimum Gasteiger partial charge on any atom is -0.463 e. The van der Waals surface area contributed by atoms with Gasteiger partial charge in [0.1, 0.15) is 0 Å². The molecule has 1 atom stereocenters. The minimum absolute atomic E-state index is 0.228. The van der Waals surface area contributed by atoms with Gasteiger partial charge in [-0.05, 0) is 6.92 Å². The number of esters is 1. The Morgan fingerprint density at radius 3 is 2.55 bits per heavy atom. The first kappa shape index (κ1) is 10.4. The third kappa shape index (κ3) is 3.34. The molecule has 4 heteroatoms. The van der Waals surface area contributed by atoms with Gasteiger partial charge in [-0.2, -0.15) is 0 Å². The summed E-state index contributed by atoms with van der Waals surface area (Å²) in [4.78, 5) is 10.9. The Kier molecular flexibility index (Phi) is 4.07. The second-order valence-corrected chi connectivity index (χ2v) is 2.39. The Morgan fingerprint density at radius 2 is 2.18 bits per heavy atom. The maximum Gasteiger partial charge on any atom is 0.353 e. The summed E-state index contributed by atoms with van der Waals surface area (Å²) in [6.45, 7) is 3.74. The van der Waals surface area contributed by atoms with Crippen LogP contribution in [-0.4, -0.2) is 23.4 Å². The summed E-state index contributed by atoms with van der Waals surface area (Å²) in [6.07, 6.45) is 0.873. The van der Waals surface area contributed by atoms with Gasteiger partial charge in [0.05, 0.1) is 6.61 Å². The molecule has 0 aromatic rings. The molecule has 0 aliphatic carbocycles. The number of ether oxygens (including phenoxy) is 1. The van der Waals surface area contributed by atoms with Crippen LogP contribution in [0.3, 0.4) is 0 Å². The summed E-state index contributed by atoms with van der Waals surface area (Å²) in [5.74, 6) is -0.748. The van der Waals surface area contributed by atoms with Crippen LogP contribution in [0.1, 0.15) is 26.7 Å². The van der Waals surface area contributed by atoms with Crippen molar-refractivity contribution in [1.82, 2.24) is 0 Å². The molecule has 0 saturated carbocycles. The monoisotopic (exact) mass is 161 g/mol. The van der Waals surface area contributed by atoms with Crippen molar-refractivity contribution in [3.05, 3.63) is 0 Å². The van der Waals surface area contributed by atoms with Crippen molar-refractivity contribution in [1.29, 1.82) is 0 Å². The molecular weight excluding hydrogens is 146 g/mol. The van der Waals surface area contributed by atoms with Gasteiger partial charge in [0.2, 0.25) is 5.72 Å². The smallest absolute Gasteiger partial charge is 0.353 e. The van der Waals surface area contributed by atoms with E-state index in [0.717, 1.165) is 0 Å². The summed E-state index contributed by atoms with van der Waals surface area (Å²) < 4.78 is 4.55. The van der Waals surface area contributed by atoms with E-state index in [1.54, 1.807) is 6.92 Å². The van der Waals surface area contributed by atoms with Crippen LogP contribution in [0.5, 0.6) is 0 Å². The molecule has 0 amide bonds. The number of hydrogen-bond acceptors (Lipinski definition) is 4. The molecule has 0 fully saturated rings. The highest BCUT2D eigenvalue weighted by atomic mass is 16.6. The average Bonchev–Trinajstić information content (AvgIpc) is 1.88. The van der Waals surface area contributed by atoms with Crippen LogP contribution in [0, 0.1) is 0 Å². The van der Waals surface area contributed by atoms with E-state index in [9.17, 15) is 9.90 Å². The van der Waals surface area contributed by atoms with Crippen molar-refractivity contribution >= 4 is 5.97 Å². The van der Waals surface area contributed by atoms with Crippen LogP contribution >= 0.6 is 0 Å². The molecule has 1 unspecified atom stereocenters. The molecule has 0 aliphatic rings. The molecule has 11 heavy (non-hydrogen) atoms. The highest BCUT2D eigenvalue weighted by Gasteiger charge is 2.31. The fourth-order valence-corrected chi connectivity index (χ4v) is 0.739. The van der Waals surface area contributed by atoms with E-state index in [1.165, 1.54) is 0 Å². The van der Waals surface area contributed by atoms with E-state index in [-0.39, 0.29) is 13.0 Å². The largest absolute Gasteiger partial charge is 0.463 e. The predicted molar refractivity (Wildman–Crippen MR) is 40.7 cm³/mol. The van der Waals surface area contributed by atoms with Crippen LogP contribution < -0.4 is 5.73 Å². The third-order valence-electron chi connectivity index (χ3n) is 1.26. The van der Waals surface area contributed by atoms with Gasteiger partial charge in [-0.15, -0.1) is 0 Å². The summed E-state index contributed by atoms with van der Waals surface area (Å²) in [7, 11) is 0. The Bertz CT molecular complexity index is 134. The van der Waals surface area contributed by atoms with Crippen molar-refractivity contribution in [2.45, 2.75) is 32.4 Å². The van der Waals surface area contributed by atoms with Crippen LogP contribution in [0.4, 0.5) is 0 Å². The van der Waals surface area contributed by atoms with E-state index in [1.807, 2.05) is 6.92 Å². The molecule has 3 N–H and O–H groups in total. The Morgan fingerprint density at radius 1 is 1.64 bits per heavy atom. The Balaban J connectivity index is 3.94. The number of rotatable bonds is 4. The Hall–Kier alpha value is -0.610. The Labute approximate surface area is 66.3 Å². The standard InChI is InChI=1S/C7H15NO3/c1-3-5-7(8,10)6(9)11-4-2/h10H,3-5,8H2,1-2H3. The summed E-state index contributed by atoms with van der Waals surface area (Å²) in [5.41, 5.74) is 3.44. The topological polar surface area (TPSA) is 72.5 Å². The second kappa shape index (κ2) is 4.31. The third-order valence-corrected chi connectivity index (χ3v) is 1.26. The SMILES string of the molecule is CCCC(N)(O)C(=O)OCC. The molecule has 0 aromatic carbocycles. The van der Waals surface area contributed by atoms with Crippen molar-refractivity contribution in [3.63, 3.8) is 0 Å². The van der Waals surface area contributed by atoms with Gasteiger partial charge in [0, 0.05) is 6.42 Å². The molecule has 0 rings (SSSR count). The van der Waals surface area contributed by atoms with Crippen LogP contribution in [0.25, 0.3) is 0 Å². The van der Waals surface area contributed by atoms with Crippen molar-refractivity contribution in [2.75, 3.05) is 6.61 Å². The summed E-state index contributed by atoms with van der Waals surface area (Å²) >= 11 is 0. The number of carbonyl (C=O) groups is 1. The van der Waals surface area contributed by atoms with Gasteiger partial charge in [-0.1, -0.05) is 13.3 Å². The summed E-state index contributed by atoms with van der Waals surface area (Å²) in [5, 5.41) is 9.22. The summed E-state index contributed by atoms with van der Waals surface area (Å²) in [6, 6.07) is 0. The van der Waals surface area contributed by atoms with Crippen molar-refractivity contribution in [3.8, 4) is 0 Å². The number of carbonyl (C=O) groups excluding carboxylic acids is 1. The van der Waals surface area contributed by atoms with Gasteiger partial charge < -0.3 is 9.84 Å². The fraction of sp³-hybridized carbons (Fsp3) is 0.857. The van der Waals surface area contributed by atoms with Crippen LogP contribution in [-0.2, 0) is 9.53 Å². The molecule has 66 valence electrons. The average molecular weight is 161 g/mol. The second-order valence-electron chi connectivity index (χ2n) is 2.39. The number of nitrogens with two attached hydrogens (primary N) is 1. The first-order valence-electron chi connectivity index (χ1n) is 3.73. The first-order chi connectivity index (χ1) is 5.04. The molecule has 0 spiro atoms. The van der Waals surface area contributed by atoms with E-state index in [0.29, 0.717) is 6.42 Å². The normalized spacial score (nSPS) is 15.6. The fourth-order valence-electron chi connectivity index (χ4n) is 0.739. The van der Waals surface area contributed by atoms with Gasteiger partial charge in [0.25, 0.3) is 0 Å². The highest BCUT2D eigenvalue weighted by Crippen LogP contribution is 2.07. The zero-order valence-electron chi connectivity index (χ0n) is 6.96. The molecule has 0 aromatic heterocycles. The lowest BCUT2D eigenvalue weighted by Gasteiger charge is -2.19. The van der Waals surface area contributed by atoms with E-state index in [4.69, 9.17) is 5.73 Å². The lowest BCUT2D eigenvalue weighted by molar-refractivity contribution is -0.165. The zero-order chi connectivity index (χ0) is 8.91. The molecule has 0 heterocycles. The highest BCUT2D eigenvalue weighted by molar-refractivity contribution is 5.78. The first-order valence-corrected chi connectivity index (χ1v) is 3.73. The molecular formula is C7H15NO3. The zero-order valence-corrected chi connectivity index (χ0v) is 6.96. The van der Waals surface area contributed by atoms with Crippen molar-refractivity contribution in [2.24, 2.45) is 5.73 Å². The van der Waals surface area contributed by atoms with Crippen molar-refractivity contribution < 1.29 is 14.6 Å². The quantitative estimate of drug-likeness (QED) is 0.449. The van der Waals surface area contributed by atoms with Crippen LogP contribution in [0.15, 0.2) is 0 Å². The van der Waals surface area contributed by atoms with Crippen LogP contribution in [0.2, 0.25) is 0 Å². The number of aliphatic hydroxyl groups is 1. The molecule has 0 saturated heterocycles. The maximum absolute atomic E-state index is 10.9. The van der Waals surface area contributed by atoms with E-state index < -0.39 is 11.7 Å².